The zero-order valence-corrected chi connectivity index (χ0v) is 10.4. The molecule has 0 spiro atoms. The first-order valence-corrected chi connectivity index (χ1v) is 5.58. The molecule has 2 N–H and O–H groups in total. The molecule has 1 rings (SSSR count). The summed E-state index contributed by atoms with van der Waals surface area (Å²) in [5.74, 6) is 0. The van der Waals surface area contributed by atoms with Crippen molar-refractivity contribution in [1.29, 1.82) is 0 Å². The van der Waals surface area contributed by atoms with E-state index in [2.05, 4.69) is 24.8 Å². The quantitative estimate of drug-likeness (QED) is 0.753. The zero-order valence-electron chi connectivity index (χ0n) is 10.4. The Labute approximate surface area is 99.0 Å². The minimum Gasteiger partial charge on any atom is -0.399 e. The molecule has 0 saturated heterocycles. The fourth-order valence-electron chi connectivity index (χ4n) is 1.19. The second-order valence-corrected chi connectivity index (χ2v) is 3.02. The lowest BCUT2D eigenvalue weighted by atomic mass is 10.1. The Kier molecular flexibility index (Phi) is 7.60. The lowest BCUT2D eigenvalue weighted by Gasteiger charge is -2.00. The van der Waals surface area contributed by atoms with Gasteiger partial charge < -0.3 is 5.73 Å². The Morgan fingerprint density at radius 2 is 1.69 bits per heavy atom. The SMILES string of the molecule is C=C(N)/C=C\C(=C/C)c1ccccc1.CC. The highest BCUT2D eigenvalue weighted by atomic mass is 14.5. The van der Waals surface area contributed by atoms with E-state index in [4.69, 9.17) is 5.73 Å². The van der Waals surface area contributed by atoms with Gasteiger partial charge in [0.2, 0.25) is 0 Å². The molecule has 86 valence electrons. The highest BCUT2D eigenvalue weighted by Gasteiger charge is 1.93. The van der Waals surface area contributed by atoms with Crippen LogP contribution in [-0.2, 0) is 0 Å². The van der Waals surface area contributed by atoms with Crippen LogP contribution in [0.4, 0.5) is 0 Å². The van der Waals surface area contributed by atoms with Crippen LogP contribution >= 0.6 is 0 Å². The highest BCUT2D eigenvalue weighted by molar-refractivity contribution is 5.74. The molecule has 0 aliphatic rings. The fraction of sp³-hybridized carbons (Fsp3) is 0.200. The summed E-state index contributed by atoms with van der Waals surface area (Å²) in [7, 11) is 0. The number of hydrogen-bond acceptors (Lipinski definition) is 1. The molecule has 0 unspecified atom stereocenters. The second kappa shape index (κ2) is 8.54. The van der Waals surface area contributed by atoms with E-state index >= 15 is 0 Å². The molecule has 0 heterocycles. The first-order chi connectivity index (χ1) is 7.74. The van der Waals surface area contributed by atoms with Crippen molar-refractivity contribution >= 4 is 5.57 Å². The van der Waals surface area contributed by atoms with Crippen molar-refractivity contribution < 1.29 is 0 Å². The summed E-state index contributed by atoms with van der Waals surface area (Å²) in [5.41, 5.74) is 8.37. The van der Waals surface area contributed by atoms with Crippen LogP contribution in [0.15, 0.2) is 60.8 Å². The Balaban J connectivity index is 0.00000106. The van der Waals surface area contributed by atoms with Gasteiger partial charge in [-0.2, -0.15) is 0 Å². The highest BCUT2D eigenvalue weighted by Crippen LogP contribution is 2.15. The number of nitrogens with two attached hydrogens (primary N) is 1. The summed E-state index contributed by atoms with van der Waals surface area (Å²) in [6, 6.07) is 10.2. The van der Waals surface area contributed by atoms with Gasteiger partial charge in [0.15, 0.2) is 0 Å². The molecule has 1 heteroatoms. The topological polar surface area (TPSA) is 26.0 Å². The molecule has 0 aliphatic carbocycles. The van der Waals surface area contributed by atoms with Gasteiger partial charge in [-0.3, -0.25) is 0 Å². The standard InChI is InChI=1S/C13H15N.C2H6/c1-3-12(10-9-11(2)14)13-7-5-4-6-8-13;1-2/h3-10H,2,14H2,1H3;1-2H3/b10-9-,12-3+;. The van der Waals surface area contributed by atoms with Crippen LogP contribution < -0.4 is 5.73 Å². The van der Waals surface area contributed by atoms with Crippen LogP contribution in [0.25, 0.3) is 5.57 Å². The van der Waals surface area contributed by atoms with Crippen LogP contribution in [0.2, 0.25) is 0 Å². The average Bonchev–Trinajstić information content (AvgIpc) is 2.33. The molecule has 0 aliphatic heterocycles. The smallest absolute Gasteiger partial charge is 0.0241 e. The van der Waals surface area contributed by atoms with E-state index in [0.29, 0.717) is 5.70 Å². The summed E-state index contributed by atoms with van der Waals surface area (Å²) < 4.78 is 0. The van der Waals surface area contributed by atoms with Gasteiger partial charge in [0.1, 0.15) is 0 Å². The van der Waals surface area contributed by atoms with Crippen LogP contribution in [-0.4, -0.2) is 0 Å². The van der Waals surface area contributed by atoms with Crippen molar-refractivity contribution in [3.8, 4) is 0 Å². The molecule has 1 aromatic rings. The average molecular weight is 215 g/mol. The predicted octanol–water partition coefficient (Wildman–Crippen LogP) is 4.14. The molecule has 0 radical (unpaired) electrons. The van der Waals surface area contributed by atoms with Gasteiger partial charge in [-0.05, 0) is 24.1 Å². The minimum atomic E-state index is 0.570. The third-order valence-corrected chi connectivity index (χ3v) is 1.90. The fourth-order valence-corrected chi connectivity index (χ4v) is 1.19. The van der Waals surface area contributed by atoms with E-state index in [0.717, 1.165) is 5.57 Å². The van der Waals surface area contributed by atoms with Crippen molar-refractivity contribution in [1.82, 2.24) is 0 Å². The van der Waals surface area contributed by atoms with Gasteiger partial charge in [-0.25, -0.2) is 0 Å². The Morgan fingerprint density at radius 1 is 1.12 bits per heavy atom. The van der Waals surface area contributed by atoms with E-state index in [9.17, 15) is 0 Å². The number of rotatable bonds is 3. The molecule has 0 aromatic heterocycles. The summed E-state index contributed by atoms with van der Waals surface area (Å²) in [6.07, 6.45) is 5.83. The lowest BCUT2D eigenvalue weighted by Crippen LogP contribution is -1.89. The van der Waals surface area contributed by atoms with Crippen LogP contribution in [0.3, 0.4) is 0 Å². The number of hydrogen-bond donors (Lipinski definition) is 1. The Bertz CT molecular complexity index is 358. The van der Waals surface area contributed by atoms with Crippen LogP contribution in [0.1, 0.15) is 26.3 Å². The Morgan fingerprint density at radius 3 is 2.12 bits per heavy atom. The molecule has 0 saturated carbocycles. The molecule has 1 aromatic carbocycles. The molecular weight excluding hydrogens is 194 g/mol. The predicted molar refractivity (Wildman–Crippen MR) is 73.9 cm³/mol. The van der Waals surface area contributed by atoms with Gasteiger partial charge in [0.05, 0.1) is 0 Å². The lowest BCUT2D eigenvalue weighted by molar-refractivity contribution is 1.45. The molecular formula is C15H21N. The summed E-state index contributed by atoms with van der Waals surface area (Å²) in [6.45, 7) is 9.62. The normalized spacial score (nSPS) is 10.8. The first kappa shape index (κ1) is 14.2. The van der Waals surface area contributed by atoms with Crippen molar-refractivity contribution in [2.24, 2.45) is 5.73 Å². The zero-order chi connectivity index (χ0) is 12.4. The van der Waals surface area contributed by atoms with Crippen molar-refractivity contribution in [3.63, 3.8) is 0 Å². The van der Waals surface area contributed by atoms with E-state index in [1.54, 1.807) is 0 Å². The molecule has 0 atom stereocenters. The van der Waals surface area contributed by atoms with Gasteiger partial charge in [0, 0.05) is 5.70 Å². The molecule has 0 bridgehead atoms. The van der Waals surface area contributed by atoms with Crippen LogP contribution in [0.5, 0.6) is 0 Å². The van der Waals surface area contributed by atoms with Gasteiger partial charge in [0.25, 0.3) is 0 Å². The Hall–Kier alpha value is -1.76. The summed E-state index contributed by atoms with van der Waals surface area (Å²) in [4.78, 5) is 0. The number of benzene rings is 1. The van der Waals surface area contributed by atoms with E-state index in [1.165, 1.54) is 5.56 Å². The van der Waals surface area contributed by atoms with Crippen molar-refractivity contribution in [2.75, 3.05) is 0 Å². The maximum absolute atomic E-state index is 5.47. The van der Waals surface area contributed by atoms with E-state index < -0.39 is 0 Å². The van der Waals surface area contributed by atoms with Crippen molar-refractivity contribution in [2.45, 2.75) is 20.8 Å². The molecule has 16 heavy (non-hydrogen) atoms. The maximum Gasteiger partial charge on any atom is 0.0241 e. The third-order valence-electron chi connectivity index (χ3n) is 1.90. The number of allylic oxidation sites excluding steroid dienone is 4. The third kappa shape index (κ3) is 5.20. The van der Waals surface area contributed by atoms with Gasteiger partial charge >= 0.3 is 0 Å². The van der Waals surface area contributed by atoms with E-state index in [1.807, 2.05) is 51.1 Å². The largest absolute Gasteiger partial charge is 0.399 e. The summed E-state index contributed by atoms with van der Waals surface area (Å²) >= 11 is 0. The summed E-state index contributed by atoms with van der Waals surface area (Å²) in [5, 5.41) is 0. The maximum atomic E-state index is 5.47. The molecule has 1 nitrogen and oxygen atoms in total. The first-order valence-electron chi connectivity index (χ1n) is 5.58. The minimum absolute atomic E-state index is 0.570. The van der Waals surface area contributed by atoms with Gasteiger partial charge in [-0.1, -0.05) is 62.9 Å². The monoisotopic (exact) mass is 215 g/mol. The molecule has 0 fully saturated rings. The molecule has 0 amide bonds. The second-order valence-electron chi connectivity index (χ2n) is 3.02. The van der Waals surface area contributed by atoms with Crippen LogP contribution in [0, 0.1) is 0 Å². The van der Waals surface area contributed by atoms with Crippen molar-refractivity contribution in [3.05, 3.63) is 66.4 Å². The van der Waals surface area contributed by atoms with E-state index in [-0.39, 0.29) is 0 Å². The van der Waals surface area contributed by atoms with Gasteiger partial charge in [-0.15, -0.1) is 0 Å².